The number of fused-ring (bicyclic) bond motifs is 2. The molecule has 0 aromatic carbocycles. The standard InChI is InChI=1S/C12H6N8/c1-2-14-11-9(13-1)3-16-12(20-11)10-4-15-7-5-17-18-6-8(7)19-10/h1-6H. The van der Waals surface area contributed by atoms with Crippen molar-refractivity contribution in [1.82, 2.24) is 40.1 Å². The van der Waals surface area contributed by atoms with Gasteiger partial charge in [0.1, 0.15) is 22.2 Å². The summed E-state index contributed by atoms with van der Waals surface area (Å²) < 4.78 is 0. The van der Waals surface area contributed by atoms with Crippen LogP contribution in [-0.4, -0.2) is 40.1 Å². The molecule has 0 aliphatic carbocycles. The molecular weight excluding hydrogens is 256 g/mol. The average molecular weight is 262 g/mol. The van der Waals surface area contributed by atoms with Crippen LogP contribution in [0.5, 0.6) is 0 Å². The van der Waals surface area contributed by atoms with E-state index in [-0.39, 0.29) is 0 Å². The van der Waals surface area contributed by atoms with Gasteiger partial charge in [-0.15, -0.1) is 0 Å². The van der Waals surface area contributed by atoms with Gasteiger partial charge in [-0.2, -0.15) is 10.2 Å². The van der Waals surface area contributed by atoms with Crippen molar-refractivity contribution in [3.8, 4) is 11.5 Å². The lowest BCUT2D eigenvalue weighted by molar-refractivity contribution is 1.03. The molecule has 0 saturated heterocycles. The first kappa shape index (κ1) is 10.7. The minimum atomic E-state index is 0.448. The predicted octanol–water partition coefficient (Wildman–Crippen LogP) is 0.820. The van der Waals surface area contributed by atoms with E-state index in [2.05, 4.69) is 40.1 Å². The fraction of sp³-hybridized carbons (Fsp3) is 0. The second kappa shape index (κ2) is 4.19. The van der Waals surface area contributed by atoms with E-state index in [0.29, 0.717) is 33.7 Å². The molecule has 94 valence electrons. The Hall–Kier alpha value is -3.16. The van der Waals surface area contributed by atoms with Crippen molar-refractivity contribution in [3.05, 3.63) is 37.2 Å². The lowest BCUT2D eigenvalue weighted by Gasteiger charge is -2.01. The summed E-state index contributed by atoms with van der Waals surface area (Å²) in [5, 5.41) is 7.54. The predicted molar refractivity (Wildman–Crippen MR) is 69.3 cm³/mol. The van der Waals surface area contributed by atoms with E-state index in [1.54, 1.807) is 37.2 Å². The molecule has 0 N–H and O–H groups in total. The topological polar surface area (TPSA) is 103 Å². The molecule has 0 amide bonds. The zero-order chi connectivity index (χ0) is 13.4. The van der Waals surface area contributed by atoms with Gasteiger partial charge in [-0.3, -0.25) is 4.98 Å². The highest BCUT2D eigenvalue weighted by atomic mass is 15.1. The van der Waals surface area contributed by atoms with Gasteiger partial charge < -0.3 is 0 Å². The minimum Gasteiger partial charge on any atom is -0.250 e. The van der Waals surface area contributed by atoms with Crippen LogP contribution in [0.1, 0.15) is 0 Å². The molecule has 4 aromatic heterocycles. The lowest BCUT2D eigenvalue weighted by Crippen LogP contribution is -1.97. The van der Waals surface area contributed by atoms with Gasteiger partial charge in [0.2, 0.25) is 0 Å². The van der Waals surface area contributed by atoms with E-state index in [9.17, 15) is 0 Å². The Kier molecular flexibility index (Phi) is 2.25. The molecule has 0 aliphatic rings. The highest BCUT2D eigenvalue weighted by Crippen LogP contribution is 2.15. The summed E-state index contributed by atoms with van der Waals surface area (Å²) in [6.07, 6.45) is 9.50. The van der Waals surface area contributed by atoms with Crippen molar-refractivity contribution < 1.29 is 0 Å². The molecule has 0 fully saturated rings. The summed E-state index contributed by atoms with van der Waals surface area (Å²) in [7, 11) is 0. The Morgan fingerprint density at radius 3 is 2.40 bits per heavy atom. The number of hydrogen-bond donors (Lipinski definition) is 0. The van der Waals surface area contributed by atoms with Gasteiger partial charge in [-0.25, -0.2) is 24.9 Å². The Labute approximate surface area is 112 Å². The molecule has 8 nitrogen and oxygen atoms in total. The SMILES string of the molecule is c1cnc2nc(-c3cnc4cnncc4n3)ncc2n1. The fourth-order valence-electron chi connectivity index (χ4n) is 1.78. The first-order valence-corrected chi connectivity index (χ1v) is 5.78. The van der Waals surface area contributed by atoms with Crippen LogP contribution >= 0.6 is 0 Å². The van der Waals surface area contributed by atoms with Crippen LogP contribution in [0.25, 0.3) is 33.7 Å². The lowest BCUT2D eigenvalue weighted by atomic mass is 10.3. The first-order chi connectivity index (χ1) is 9.90. The van der Waals surface area contributed by atoms with E-state index in [0.717, 1.165) is 0 Å². The van der Waals surface area contributed by atoms with Crippen LogP contribution < -0.4 is 0 Å². The van der Waals surface area contributed by atoms with Crippen molar-refractivity contribution >= 4 is 22.2 Å². The van der Waals surface area contributed by atoms with E-state index in [4.69, 9.17) is 0 Å². The van der Waals surface area contributed by atoms with Crippen LogP contribution in [0.15, 0.2) is 37.2 Å². The van der Waals surface area contributed by atoms with Crippen molar-refractivity contribution in [2.75, 3.05) is 0 Å². The highest BCUT2D eigenvalue weighted by molar-refractivity contribution is 5.75. The minimum absolute atomic E-state index is 0.448. The molecular formula is C12H6N8. The van der Waals surface area contributed by atoms with Gasteiger partial charge in [0.25, 0.3) is 0 Å². The summed E-state index contributed by atoms with van der Waals surface area (Å²) in [4.78, 5) is 25.5. The fourth-order valence-corrected chi connectivity index (χ4v) is 1.78. The van der Waals surface area contributed by atoms with Gasteiger partial charge >= 0.3 is 0 Å². The molecule has 0 bridgehead atoms. The molecule has 0 unspecified atom stereocenters. The van der Waals surface area contributed by atoms with Gasteiger partial charge in [0, 0.05) is 12.4 Å². The maximum atomic E-state index is 4.41. The monoisotopic (exact) mass is 262 g/mol. The highest BCUT2D eigenvalue weighted by Gasteiger charge is 2.07. The normalized spacial score (nSPS) is 11.0. The number of rotatable bonds is 1. The van der Waals surface area contributed by atoms with Crippen LogP contribution in [0, 0.1) is 0 Å². The van der Waals surface area contributed by atoms with E-state index in [1.165, 1.54) is 0 Å². The number of hydrogen-bond acceptors (Lipinski definition) is 8. The summed E-state index contributed by atoms with van der Waals surface area (Å²) in [5.41, 5.74) is 3.02. The smallest absolute Gasteiger partial charge is 0.182 e. The third-order valence-corrected chi connectivity index (χ3v) is 2.71. The zero-order valence-corrected chi connectivity index (χ0v) is 10.0. The summed E-state index contributed by atoms with van der Waals surface area (Å²) in [6, 6.07) is 0. The molecule has 0 atom stereocenters. The molecule has 4 rings (SSSR count). The van der Waals surface area contributed by atoms with Crippen molar-refractivity contribution in [2.45, 2.75) is 0 Å². The molecule has 0 spiro atoms. The maximum absolute atomic E-state index is 4.41. The summed E-state index contributed by atoms with van der Waals surface area (Å²) >= 11 is 0. The Bertz CT molecular complexity index is 846. The second-order valence-corrected chi connectivity index (χ2v) is 3.97. The number of nitrogens with zero attached hydrogens (tertiary/aromatic N) is 8. The van der Waals surface area contributed by atoms with Crippen LogP contribution in [-0.2, 0) is 0 Å². The van der Waals surface area contributed by atoms with Crippen LogP contribution in [0.2, 0.25) is 0 Å². The third-order valence-electron chi connectivity index (χ3n) is 2.71. The third kappa shape index (κ3) is 1.70. The summed E-state index contributed by atoms with van der Waals surface area (Å²) in [6.45, 7) is 0. The summed E-state index contributed by atoms with van der Waals surface area (Å²) in [5.74, 6) is 0.448. The van der Waals surface area contributed by atoms with Crippen LogP contribution in [0.3, 0.4) is 0 Å². The Morgan fingerprint density at radius 1 is 0.600 bits per heavy atom. The van der Waals surface area contributed by atoms with Gasteiger partial charge in [-0.1, -0.05) is 0 Å². The van der Waals surface area contributed by atoms with E-state index >= 15 is 0 Å². The average Bonchev–Trinajstić information content (AvgIpc) is 2.54. The van der Waals surface area contributed by atoms with Gasteiger partial charge in [0.05, 0.1) is 24.8 Å². The van der Waals surface area contributed by atoms with E-state index in [1.807, 2.05) is 0 Å². The van der Waals surface area contributed by atoms with E-state index < -0.39 is 0 Å². The Balaban J connectivity index is 1.91. The number of aromatic nitrogens is 8. The van der Waals surface area contributed by atoms with Gasteiger partial charge in [0.15, 0.2) is 11.5 Å². The molecule has 8 heteroatoms. The first-order valence-electron chi connectivity index (χ1n) is 5.78. The zero-order valence-electron chi connectivity index (χ0n) is 10.0. The molecule has 0 radical (unpaired) electrons. The quantitative estimate of drug-likeness (QED) is 0.496. The Morgan fingerprint density at radius 2 is 1.45 bits per heavy atom. The molecule has 0 saturated carbocycles. The maximum Gasteiger partial charge on any atom is 0.182 e. The van der Waals surface area contributed by atoms with Crippen molar-refractivity contribution in [1.29, 1.82) is 0 Å². The second-order valence-electron chi connectivity index (χ2n) is 3.97. The molecule has 0 aliphatic heterocycles. The molecule has 4 aromatic rings. The largest absolute Gasteiger partial charge is 0.250 e. The van der Waals surface area contributed by atoms with Gasteiger partial charge in [-0.05, 0) is 0 Å². The molecule has 20 heavy (non-hydrogen) atoms. The van der Waals surface area contributed by atoms with Crippen LogP contribution in [0.4, 0.5) is 0 Å². The van der Waals surface area contributed by atoms with Crippen molar-refractivity contribution in [3.63, 3.8) is 0 Å². The molecule has 4 heterocycles. The van der Waals surface area contributed by atoms with Crippen molar-refractivity contribution in [2.24, 2.45) is 0 Å².